The number of nitrogens with one attached hydrogen (secondary N) is 1. The highest BCUT2D eigenvalue weighted by Crippen LogP contribution is 2.11. The minimum absolute atomic E-state index is 0.116. The molecule has 0 saturated carbocycles. The molecule has 0 aromatic carbocycles. The van der Waals surface area contributed by atoms with Gasteiger partial charge in [0.2, 0.25) is 5.91 Å². The van der Waals surface area contributed by atoms with Crippen molar-refractivity contribution in [1.82, 2.24) is 9.88 Å². The number of carboxylic acid groups (broad SMARTS) is 1. The summed E-state index contributed by atoms with van der Waals surface area (Å²) in [5, 5.41) is 11.5. The van der Waals surface area contributed by atoms with E-state index in [0.29, 0.717) is 19.0 Å². The van der Waals surface area contributed by atoms with E-state index in [9.17, 15) is 9.59 Å². The summed E-state index contributed by atoms with van der Waals surface area (Å²) in [7, 11) is 0. The molecule has 1 saturated heterocycles. The van der Waals surface area contributed by atoms with E-state index in [1.54, 1.807) is 23.2 Å². The first-order chi connectivity index (χ1) is 9.54. The number of amides is 1. The molecule has 1 aromatic rings. The average Bonchev–Trinajstić information content (AvgIpc) is 2.41. The van der Waals surface area contributed by atoms with Gasteiger partial charge in [-0.2, -0.15) is 0 Å². The van der Waals surface area contributed by atoms with E-state index in [1.165, 1.54) is 0 Å². The Labute approximate surface area is 124 Å². The van der Waals surface area contributed by atoms with Crippen LogP contribution in [0.25, 0.3) is 0 Å². The van der Waals surface area contributed by atoms with Crippen LogP contribution in [0.1, 0.15) is 0 Å². The number of hydrogen-bond donors (Lipinski definition) is 2. The fourth-order valence-electron chi connectivity index (χ4n) is 1.83. The average molecular weight is 344 g/mol. The highest BCUT2D eigenvalue weighted by molar-refractivity contribution is 9.10. The van der Waals surface area contributed by atoms with Gasteiger partial charge in [-0.05, 0) is 28.1 Å². The van der Waals surface area contributed by atoms with Crippen LogP contribution in [-0.2, 0) is 14.3 Å². The number of carbonyl (C=O) groups excluding carboxylic acids is 1. The third-order valence-electron chi connectivity index (χ3n) is 2.79. The zero-order valence-electron chi connectivity index (χ0n) is 10.6. The summed E-state index contributed by atoms with van der Waals surface area (Å²) in [4.78, 5) is 28.5. The second-order valence-corrected chi connectivity index (χ2v) is 5.26. The molecule has 1 amide bonds. The second-order valence-electron chi connectivity index (χ2n) is 4.34. The van der Waals surface area contributed by atoms with E-state index in [0.717, 1.165) is 4.47 Å². The van der Waals surface area contributed by atoms with Crippen molar-refractivity contribution in [2.24, 2.45) is 0 Å². The predicted octanol–water partition coefficient (Wildman–Crippen LogP) is 0.568. The number of anilines is 1. The molecule has 2 rings (SSSR count). The lowest BCUT2D eigenvalue weighted by atomic mass is 10.2. The summed E-state index contributed by atoms with van der Waals surface area (Å²) in [6.07, 6.45) is 0.715. The van der Waals surface area contributed by atoms with Gasteiger partial charge in [-0.1, -0.05) is 0 Å². The van der Waals surface area contributed by atoms with E-state index < -0.39 is 12.1 Å². The van der Waals surface area contributed by atoms with E-state index in [1.807, 2.05) is 0 Å². The molecule has 1 aliphatic rings. The highest BCUT2D eigenvalue weighted by atomic mass is 79.9. The minimum Gasteiger partial charge on any atom is -0.479 e. The van der Waals surface area contributed by atoms with E-state index >= 15 is 0 Å². The SMILES string of the molecule is O=C(CN1CCOC(C(=O)O)C1)Nc1ccc(Br)cn1. The predicted molar refractivity (Wildman–Crippen MR) is 74.4 cm³/mol. The number of aliphatic carboxylic acids is 1. The minimum atomic E-state index is -1.01. The maximum atomic E-state index is 11.8. The monoisotopic (exact) mass is 343 g/mol. The van der Waals surface area contributed by atoms with Crippen molar-refractivity contribution in [2.75, 3.05) is 31.6 Å². The normalized spacial score (nSPS) is 19.6. The number of pyridine rings is 1. The van der Waals surface area contributed by atoms with Crippen molar-refractivity contribution in [3.05, 3.63) is 22.8 Å². The third kappa shape index (κ3) is 4.26. The Morgan fingerprint density at radius 2 is 2.35 bits per heavy atom. The Balaban J connectivity index is 1.85. The van der Waals surface area contributed by atoms with Gasteiger partial charge in [0.25, 0.3) is 0 Å². The van der Waals surface area contributed by atoms with Gasteiger partial charge in [0.15, 0.2) is 6.10 Å². The Hall–Kier alpha value is -1.51. The molecule has 1 aliphatic heterocycles. The van der Waals surface area contributed by atoms with Crippen molar-refractivity contribution >= 4 is 33.6 Å². The third-order valence-corrected chi connectivity index (χ3v) is 3.26. The summed E-state index contributed by atoms with van der Waals surface area (Å²) in [6, 6.07) is 3.46. The molecule has 7 nitrogen and oxygen atoms in total. The highest BCUT2D eigenvalue weighted by Gasteiger charge is 2.27. The smallest absolute Gasteiger partial charge is 0.334 e. The number of morpholine rings is 1. The zero-order chi connectivity index (χ0) is 14.5. The topological polar surface area (TPSA) is 91.8 Å². The molecule has 0 spiro atoms. The van der Waals surface area contributed by atoms with E-state index in [4.69, 9.17) is 9.84 Å². The van der Waals surface area contributed by atoms with Gasteiger partial charge in [-0.25, -0.2) is 9.78 Å². The Kier molecular flexibility index (Phi) is 5.05. The summed E-state index contributed by atoms with van der Waals surface area (Å²) in [5.74, 6) is -0.781. The fraction of sp³-hybridized carbons (Fsp3) is 0.417. The van der Waals surface area contributed by atoms with Crippen molar-refractivity contribution in [3.8, 4) is 0 Å². The summed E-state index contributed by atoms with van der Waals surface area (Å²) in [6.45, 7) is 1.16. The quantitative estimate of drug-likeness (QED) is 0.830. The van der Waals surface area contributed by atoms with Crippen molar-refractivity contribution in [3.63, 3.8) is 0 Å². The fourth-order valence-corrected chi connectivity index (χ4v) is 2.07. The number of carboxylic acids is 1. The standard InChI is InChI=1S/C12H14BrN3O4/c13-8-1-2-10(14-5-8)15-11(17)7-16-3-4-20-9(6-16)12(18)19/h1-2,5,9H,3-4,6-7H2,(H,18,19)(H,14,15,17). The van der Waals surface area contributed by atoms with Crippen LogP contribution in [0.5, 0.6) is 0 Å². The number of rotatable bonds is 4. The molecule has 0 bridgehead atoms. The summed E-state index contributed by atoms with van der Waals surface area (Å²) < 4.78 is 5.92. The number of halogens is 1. The van der Waals surface area contributed by atoms with Gasteiger partial charge in [0, 0.05) is 23.8 Å². The summed E-state index contributed by atoms with van der Waals surface area (Å²) in [5.41, 5.74) is 0. The van der Waals surface area contributed by atoms with Crippen LogP contribution in [0.4, 0.5) is 5.82 Å². The lowest BCUT2D eigenvalue weighted by molar-refractivity contribution is -0.156. The first kappa shape index (κ1) is 14.9. The molecule has 108 valence electrons. The molecule has 1 atom stereocenters. The first-order valence-corrected chi connectivity index (χ1v) is 6.82. The maximum Gasteiger partial charge on any atom is 0.334 e. The number of ether oxygens (including phenoxy) is 1. The van der Waals surface area contributed by atoms with E-state index in [-0.39, 0.29) is 19.0 Å². The number of carbonyl (C=O) groups is 2. The van der Waals surface area contributed by atoms with Crippen LogP contribution >= 0.6 is 15.9 Å². The number of aromatic nitrogens is 1. The molecule has 0 aliphatic carbocycles. The molecule has 1 aromatic heterocycles. The first-order valence-electron chi connectivity index (χ1n) is 6.03. The van der Waals surface area contributed by atoms with Gasteiger partial charge in [-0.15, -0.1) is 0 Å². The van der Waals surface area contributed by atoms with Crippen molar-refractivity contribution in [2.45, 2.75) is 6.10 Å². The van der Waals surface area contributed by atoms with Crippen LogP contribution in [0.15, 0.2) is 22.8 Å². The molecule has 20 heavy (non-hydrogen) atoms. The molecular formula is C12H14BrN3O4. The molecule has 1 fully saturated rings. The van der Waals surface area contributed by atoms with Crippen LogP contribution in [0.2, 0.25) is 0 Å². The van der Waals surface area contributed by atoms with Gasteiger partial charge in [-0.3, -0.25) is 9.69 Å². The molecule has 1 unspecified atom stereocenters. The van der Waals surface area contributed by atoms with Gasteiger partial charge in [0.05, 0.1) is 13.2 Å². The molecular weight excluding hydrogens is 330 g/mol. The van der Waals surface area contributed by atoms with Crippen LogP contribution in [0.3, 0.4) is 0 Å². The molecule has 8 heteroatoms. The van der Waals surface area contributed by atoms with Gasteiger partial charge in [0.1, 0.15) is 5.82 Å². The maximum absolute atomic E-state index is 11.8. The van der Waals surface area contributed by atoms with Gasteiger partial charge < -0.3 is 15.2 Å². The van der Waals surface area contributed by atoms with Crippen molar-refractivity contribution in [1.29, 1.82) is 0 Å². The van der Waals surface area contributed by atoms with Crippen LogP contribution < -0.4 is 5.32 Å². The molecule has 2 heterocycles. The van der Waals surface area contributed by atoms with Crippen molar-refractivity contribution < 1.29 is 19.4 Å². The lowest BCUT2D eigenvalue weighted by Crippen LogP contribution is -2.48. The van der Waals surface area contributed by atoms with Crippen LogP contribution in [-0.4, -0.2) is 59.2 Å². The van der Waals surface area contributed by atoms with Gasteiger partial charge >= 0.3 is 5.97 Å². The number of hydrogen-bond acceptors (Lipinski definition) is 5. The Bertz CT molecular complexity index is 494. The lowest BCUT2D eigenvalue weighted by Gasteiger charge is -2.30. The van der Waals surface area contributed by atoms with E-state index in [2.05, 4.69) is 26.2 Å². The Morgan fingerprint density at radius 1 is 1.55 bits per heavy atom. The largest absolute Gasteiger partial charge is 0.479 e. The summed E-state index contributed by atoms with van der Waals surface area (Å²) >= 11 is 3.26. The Morgan fingerprint density at radius 3 is 3.00 bits per heavy atom. The van der Waals surface area contributed by atoms with Crippen LogP contribution in [0, 0.1) is 0 Å². The molecule has 2 N–H and O–H groups in total. The molecule has 0 radical (unpaired) electrons. The second kappa shape index (κ2) is 6.78. The zero-order valence-corrected chi connectivity index (χ0v) is 12.2. The number of nitrogens with zero attached hydrogens (tertiary/aromatic N) is 2.